The first kappa shape index (κ1) is 27.1. The summed E-state index contributed by atoms with van der Waals surface area (Å²) in [7, 11) is 0. The molecule has 41 heavy (non-hydrogen) atoms. The fraction of sp³-hybridized carbons (Fsp3) is 0.300. The number of benzene rings is 2. The Bertz CT molecular complexity index is 1580. The predicted octanol–water partition coefficient (Wildman–Crippen LogP) is 7.96. The fourth-order valence-corrected chi connectivity index (χ4v) is 5.83. The van der Waals surface area contributed by atoms with Crippen LogP contribution in [0, 0.1) is 11.8 Å². The summed E-state index contributed by atoms with van der Waals surface area (Å²) in [5.74, 6) is 0.697. The quantitative estimate of drug-likeness (QED) is 0.232. The molecule has 6 rings (SSSR count). The van der Waals surface area contributed by atoms with Crippen molar-refractivity contribution in [2.45, 2.75) is 31.9 Å². The standard InChI is InChI=1S/C30H26ClF3N4O3/c31-21-8-11-23(20-6-9-22(10-7-20)37-14-12-19(13-15-37)18-4-5-18)24(16-21)25-2-1-3-27(36-25)38-28(30(32,33)34)26(17-35-38)41-29(39)40/h1-3,6-11,16-19H,4-5,12-15H2,(H,39,40). The zero-order chi connectivity index (χ0) is 28.7. The summed E-state index contributed by atoms with van der Waals surface area (Å²) in [6, 6.07) is 18.2. The maximum atomic E-state index is 13.9. The molecule has 0 spiro atoms. The maximum absolute atomic E-state index is 13.9. The topological polar surface area (TPSA) is 80.5 Å². The van der Waals surface area contributed by atoms with Crippen LogP contribution in [0.1, 0.15) is 31.4 Å². The monoisotopic (exact) mass is 582 g/mol. The molecule has 7 nitrogen and oxygen atoms in total. The van der Waals surface area contributed by atoms with Crippen LogP contribution in [0.4, 0.5) is 23.7 Å². The van der Waals surface area contributed by atoms with Crippen LogP contribution in [-0.4, -0.2) is 39.1 Å². The van der Waals surface area contributed by atoms with E-state index in [2.05, 4.69) is 31.9 Å². The number of halogens is 4. The summed E-state index contributed by atoms with van der Waals surface area (Å²) in [6.07, 6.45) is -0.911. The second-order valence-electron chi connectivity index (χ2n) is 10.4. The second kappa shape index (κ2) is 10.7. The Labute approximate surface area is 239 Å². The van der Waals surface area contributed by atoms with Gasteiger partial charge in [-0.2, -0.15) is 18.3 Å². The maximum Gasteiger partial charge on any atom is 0.511 e. The van der Waals surface area contributed by atoms with Gasteiger partial charge in [0.2, 0.25) is 0 Å². The van der Waals surface area contributed by atoms with E-state index < -0.39 is 23.8 Å². The summed E-state index contributed by atoms with van der Waals surface area (Å²) < 4.78 is 46.5. The molecule has 1 aliphatic heterocycles. The Hall–Kier alpha value is -4.05. The summed E-state index contributed by atoms with van der Waals surface area (Å²) in [5, 5.41) is 13.0. The lowest BCUT2D eigenvalue weighted by Crippen LogP contribution is -2.34. The molecule has 0 amide bonds. The van der Waals surface area contributed by atoms with Crippen molar-refractivity contribution in [3.8, 4) is 34.0 Å². The van der Waals surface area contributed by atoms with E-state index in [1.54, 1.807) is 24.3 Å². The van der Waals surface area contributed by atoms with Gasteiger partial charge < -0.3 is 14.7 Å². The number of hydrogen-bond donors (Lipinski definition) is 1. The Balaban J connectivity index is 1.32. The number of aromatic nitrogens is 3. The fourth-order valence-electron chi connectivity index (χ4n) is 5.66. The molecule has 2 fully saturated rings. The van der Waals surface area contributed by atoms with Crippen LogP contribution in [0.25, 0.3) is 28.2 Å². The van der Waals surface area contributed by atoms with Crippen molar-refractivity contribution < 1.29 is 27.8 Å². The van der Waals surface area contributed by atoms with Crippen LogP contribution in [-0.2, 0) is 6.18 Å². The van der Waals surface area contributed by atoms with Crippen LogP contribution in [0.3, 0.4) is 0 Å². The number of rotatable bonds is 6. The van der Waals surface area contributed by atoms with Gasteiger partial charge in [0.05, 0.1) is 11.9 Å². The average molecular weight is 583 g/mol. The van der Waals surface area contributed by atoms with Gasteiger partial charge in [-0.15, -0.1) is 0 Å². The van der Waals surface area contributed by atoms with Gasteiger partial charge in [-0.3, -0.25) is 0 Å². The van der Waals surface area contributed by atoms with Crippen molar-refractivity contribution in [1.82, 2.24) is 14.8 Å². The number of alkyl halides is 3. The largest absolute Gasteiger partial charge is 0.511 e. The van der Waals surface area contributed by atoms with Crippen molar-refractivity contribution in [3.05, 3.63) is 77.6 Å². The zero-order valence-electron chi connectivity index (χ0n) is 21.8. The summed E-state index contributed by atoms with van der Waals surface area (Å²) in [4.78, 5) is 17.8. The summed E-state index contributed by atoms with van der Waals surface area (Å²) in [6.45, 7) is 2.10. The number of anilines is 1. The number of carbonyl (C=O) groups is 1. The minimum Gasteiger partial charge on any atom is -0.449 e. The SMILES string of the molecule is O=C(O)Oc1cnn(-c2cccc(-c3cc(Cl)ccc3-c3ccc(N4CCC(C5CC5)CC4)cc3)n2)c1C(F)(F)F. The highest BCUT2D eigenvalue weighted by Crippen LogP contribution is 2.43. The Kier molecular flexibility index (Phi) is 7.11. The number of piperidine rings is 1. The predicted molar refractivity (Wildman–Crippen MR) is 149 cm³/mol. The molecular formula is C30H26ClF3N4O3. The lowest BCUT2D eigenvalue weighted by Gasteiger charge is -2.33. The third kappa shape index (κ3) is 5.74. The molecule has 3 heterocycles. The van der Waals surface area contributed by atoms with Crippen LogP contribution in [0.2, 0.25) is 5.02 Å². The highest BCUT2D eigenvalue weighted by atomic mass is 35.5. The van der Waals surface area contributed by atoms with Crippen LogP contribution >= 0.6 is 11.6 Å². The molecule has 2 aromatic carbocycles. The molecule has 2 aromatic heterocycles. The van der Waals surface area contributed by atoms with Gasteiger partial charge in [-0.1, -0.05) is 35.9 Å². The van der Waals surface area contributed by atoms with Gasteiger partial charge >= 0.3 is 12.3 Å². The van der Waals surface area contributed by atoms with Crippen molar-refractivity contribution in [3.63, 3.8) is 0 Å². The van der Waals surface area contributed by atoms with Crippen molar-refractivity contribution in [1.29, 1.82) is 0 Å². The first-order chi connectivity index (χ1) is 19.7. The third-order valence-electron chi connectivity index (χ3n) is 7.78. The van der Waals surface area contributed by atoms with Gasteiger partial charge in [-0.25, -0.2) is 14.5 Å². The number of pyridine rings is 1. The lowest BCUT2D eigenvalue weighted by atomic mass is 9.91. The molecule has 212 valence electrons. The first-order valence-electron chi connectivity index (χ1n) is 13.4. The van der Waals surface area contributed by atoms with Gasteiger partial charge in [0, 0.05) is 29.4 Å². The molecular weight excluding hydrogens is 557 g/mol. The van der Waals surface area contributed by atoms with Gasteiger partial charge in [-0.05, 0) is 85.0 Å². The first-order valence-corrected chi connectivity index (χ1v) is 13.7. The van der Waals surface area contributed by atoms with Crippen LogP contribution < -0.4 is 9.64 Å². The van der Waals surface area contributed by atoms with E-state index in [-0.39, 0.29) is 5.82 Å². The molecule has 4 aromatic rings. The molecule has 1 saturated heterocycles. The van der Waals surface area contributed by atoms with Crippen molar-refractivity contribution in [2.75, 3.05) is 18.0 Å². The van der Waals surface area contributed by atoms with Crippen molar-refractivity contribution in [2.24, 2.45) is 11.8 Å². The molecule has 0 bridgehead atoms. The summed E-state index contributed by atoms with van der Waals surface area (Å²) in [5.41, 5.74) is 2.50. The van der Waals surface area contributed by atoms with Crippen LogP contribution in [0.15, 0.2) is 66.9 Å². The number of hydrogen-bond acceptors (Lipinski definition) is 5. The normalized spacial score (nSPS) is 16.1. The highest BCUT2D eigenvalue weighted by molar-refractivity contribution is 6.31. The molecule has 0 atom stereocenters. The zero-order valence-corrected chi connectivity index (χ0v) is 22.6. The van der Waals surface area contributed by atoms with Crippen molar-refractivity contribution >= 4 is 23.4 Å². The Morgan fingerprint density at radius 1 is 0.951 bits per heavy atom. The number of ether oxygens (including phenoxy) is 1. The van der Waals surface area contributed by atoms with E-state index in [0.29, 0.717) is 27.2 Å². The molecule has 0 unspecified atom stereocenters. The van der Waals surface area contributed by atoms with E-state index >= 15 is 0 Å². The minimum atomic E-state index is -4.95. The third-order valence-corrected chi connectivity index (χ3v) is 8.02. The molecule has 0 radical (unpaired) electrons. The number of carboxylic acid groups (broad SMARTS) is 1. The smallest absolute Gasteiger partial charge is 0.449 e. The molecule has 1 N–H and O–H groups in total. The summed E-state index contributed by atoms with van der Waals surface area (Å²) >= 11 is 6.34. The van der Waals surface area contributed by atoms with Crippen LogP contribution in [0.5, 0.6) is 5.75 Å². The lowest BCUT2D eigenvalue weighted by molar-refractivity contribution is -0.143. The average Bonchev–Trinajstić information content (AvgIpc) is 3.72. The molecule has 11 heteroatoms. The number of nitrogens with zero attached hydrogens (tertiary/aromatic N) is 4. The minimum absolute atomic E-state index is 0.161. The van der Waals surface area contributed by atoms with Gasteiger partial charge in [0.1, 0.15) is 0 Å². The Morgan fingerprint density at radius 2 is 1.66 bits per heavy atom. The highest BCUT2D eigenvalue weighted by Gasteiger charge is 2.41. The molecule has 1 saturated carbocycles. The van der Waals surface area contributed by atoms with Gasteiger partial charge in [0.15, 0.2) is 17.3 Å². The van der Waals surface area contributed by atoms with E-state index in [9.17, 15) is 18.0 Å². The molecule has 2 aliphatic rings. The van der Waals surface area contributed by atoms with Gasteiger partial charge in [0.25, 0.3) is 0 Å². The van der Waals surface area contributed by atoms with E-state index in [0.717, 1.165) is 41.7 Å². The second-order valence-corrected chi connectivity index (χ2v) is 10.9. The Morgan fingerprint density at radius 3 is 2.32 bits per heavy atom. The molecule has 1 aliphatic carbocycles. The van der Waals surface area contributed by atoms with E-state index in [1.165, 1.54) is 31.7 Å². The van der Waals surface area contributed by atoms with E-state index in [4.69, 9.17) is 16.7 Å². The van der Waals surface area contributed by atoms with E-state index in [1.807, 2.05) is 18.2 Å².